The molecule has 0 aromatic heterocycles. The van der Waals surface area contributed by atoms with E-state index in [1.54, 1.807) is 6.92 Å². The highest BCUT2D eigenvalue weighted by molar-refractivity contribution is 5.92. The summed E-state index contributed by atoms with van der Waals surface area (Å²) in [5, 5.41) is 9.14. The largest absolute Gasteiger partial charge is 0.480 e. The molecule has 2 heterocycles. The number of nitrogens with zero attached hydrogens (tertiary/aromatic N) is 2. The average molecular weight is 283 g/mol. The zero-order chi connectivity index (χ0) is 14.9. The Bertz CT molecular complexity index is 424. The zero-order valence-corrected chi connectivity index (χ0v) is 11.6. The van der Waals surface area contributed by atoms with Crippen LogP contribution in [-0.4, -0.2) is 63.9 Å². The molecule has 112 valence electrons. The van der Waals surface area contributed by atoms with Crippen molar-refractivity contribution in [2.75, 3.05) is 13.1 Å². The Morgan fingerprint density at radius 2 is 1.65 bits per heavy atom. The standard InChI is InChI=1S/C13H21N3O4/c1-8(14)11(17)15-6-2-4-9(15)12(18)16-7-3-5-10(16)13(19)20/h8-10H,2-7,14H2,1H3,(H,19,20)/t8?,9-,10-/m0/s1. The number of hydrogen-bond donors (Lipinski definition) is 2. The third-order valence-corrected chi connectivity index (χ3v) is 4.03. The first-order valence-corrected chi connectivity index (χ1v) is 7.03. The van der Waals surface area contributed by atoms with Crippen LogP contribution in [0.25, 0.3) is 0 Å². The summed E-state index contributed by atoms with van der Waals surface area (Å²) in [6, 6.07) is -1.94. The van der Waals surface area contributed by atoms with E-state index in [-0.39, 0.29) is 11.8 Å². The summed E-state index contributed by atoms with van der Waals surface area (Å²) < 4.78 is 0. The lowest BCUT2D eigenvalue weighted by molar-refractivity contribution is -0.151. The molecule has 0 bridgehead atoms. The topological polar surface area (TPSA) is 104 Å². The zero-order valence-electron chi connectivity index (χ0n) is 11.6. The van der Waals surface area contributed by atoms with Crippen LogP contribution in [0.1, 0.15) is 32.6 Å². The van der Waals surface area contributed by atoms with Crippen LogP contribution in [-0.2, 0) is 14.4 Å². The maximum absolute atomic E-state index is 12.5. The highest BCUT2D eigenvalue weighted by Gasteiger charge is 2.42. The Morgan fingerprint density at radius 1 is 1.10 bits per heavy atom. The number of carboxylic acid groups (broad SMARTS) is 1. The highest BCUT2D eigenvalue weighted by Crippen LogP contribution is 2.25. The van der Waals surface area contributed by atoms with Crippen LogP contribution in [0.4, 0.5) is 0 Å². The number of carboxylic acids is 1. The van der Waals surface area contributed by atoms with Gasteiger partial charge >= 0.3 is 5.97 Å². The van der Waals surface area contributed by atoms with Crippen molar-refractivity contribution in [2.45, 2.75) is 50.7 Å². The lowest BCUT2D eigenvalue weighted by Crippen LogP contribution is -2.53. The van der Waals surface area contributed by atoms with E-state index in [0.717, 1.165) is 6.42 Å². The summed E-state index contributed by atoms with van der Waals surface area (Å²) in [6.45, 7) is 2.56. The van der Waals surface area contributed by atoms with E-state index in [9.17, 15) is 14.4 Å². The molecule has 0 saturated carbocycles. The van der Waals surface area contributed by atoms with Crippen LogP contribution < -0.4 is 5.73 Å². The van der Waals surface area contributed by atoms with E-state index in [1.807, 2.05) is 0 Å². The van der Waals surface area contributed by atoms with Gasteiger partial charge in [0.2, 0.25) is 11.8 Å². The quantitative estimate of drug-likeness (QED) is 0.720. The van der Waals surface area contributed by atoms with Crippen LogP contribution >= 0.6 is 0 Å². The minimum Gasteiger partial charge on any atom is -0.480 e. The van der Waals surface area contributed by atoms with Gasteiger partial charge in [-0.15, -0.1) is 0 Å². The summed E-state index contributed by atoms with van der Waals surface area (Å²) in [6.07, 6.45) is 2.51. The Morgan fingerprint density at radius 3 is 2.20 bits per heavy atom. The predicted octanol–water partition coefficient (Wildman–Crippen LogP) is -0.600. The minimum absolute atomic E-state index is 0.244. The van der Waals surface area contributed by atoms with Gasteiger partial charge in [-0.05, 0) is 32.6 Å². The Labute approximate surface area is 117 Å². The number of rotatable bonds is 3. The molecule has 0 radical (unpaired) electrons. The van der Waals surface area contributed by atoms with Crippen molar-refractivity contribution < 1.29 is 19.5 Å². The molecule has 2 aliphatic heterocycles. The normalized spacial score (nSPS) is 27.7. The first kappa shape index (κ1) is 14.8. The third-order valence-electron chi connectivity index (χ3n) is 4.03. The average Bonchev–Trinajstić information content (AvgIpc) is 3.05. The summed E-state index contributed by atoms with van der Waals surface area (Å²) in [4.78, 5) is 38.6. The van der Waals surface area contributed by atoms with E-state index in [4.69, 9.17) is 10.8 Å². The summed E-state index contributed by atoms with van der Waals surface area (Å²) in [5.41, 5.74) is 5.60. The van der Waals surface area contributed by atoms with E-state index >= 15 is 0 Å². The van der Waals surface area contributed by atoms with Crippen LogP contribution in [0, 0.1) is 0 Å². The van der Waals surface area contributed by atoms with Crippen molar-refractivity contribution >= 4 is 17.8 Å². The maximum atomic E-state index is 12.5. The van der Waals surface area contributed by atoms with Gasteiger partial charge in [0.05, 0.1) is 6.04 Å². The molecule has 7 nitrogen and oxygen atoms in total. The summed E-state index contributed by atoms with van der Waals surface area (Å²) in [7, 11) is 0. The van der Waals surface area contributed by atoms with E-state index in [1.165, 1.54) is 9.80 Å². The summed E-state index contributed by atoms with van der Waals surface area (Å²) >= 11 is 0. The van der Waals surface area contributed by atoms with Gasteiger partial charge < -0.3 is 20.6 Å². The SMILES string of the molecule is CC(N)C(=O)N1CCC[C@H]1C(=O)N1CCC[C@H]1C(=O)O. The van der Waals surface area contributed by atoms with Gasteiger partial charge in [0.1, 0.15) is 12.1 Å². The smallest absolute Gasteiger partial charge is 0.326 e. The fourth-order valence-corrected chi connectivity index (χ4v) is 3.03. The van der Waals surface area contributed by atoms with E-state index < -0.39 is 24.1 Å². The monoisotopic (exact) mass is 283 g/mol. The van der Waals surface area contributed by atoms with Crippen molar-refractivity contribution in [1.82, 2.24) is 9.80 Å². The molecule has 0 aliphatic carbocycles. The third kappa shape index (κ3) is 2.63. The summed E-state index contributed by atoms with van der Waals surface area (Å²) in [5.74, 6) is -1.47. The molecule has 2 amide bonds. The molecule has 3 atom stereocenters. The van der Waals surface area contributed by atoms with Crippen molar-refractivity contribution in [1.29, 1.82) is 0 Å². The number of carbonyl (C=O) groups excluding carboxylic acids is 2. The first-order chi connectivity index (χ1) is 9.43. The minimum atomic E-state index is -0.973. The van der Waals surface area contributed by atoms with Crippen LogP contribution in [0.15, 0.2) is 0 Å². The van der Waals surface area contributed by atoms with Gasteiger partial charge in [0.15, 0.2) is 0 Å². The van der Waals surface area contributed by atoms with Crippen molar-refractivity contribution in [3.63, 3.8) is 0 Å². The lowest BCUT2D eigenvalue weighted by atomic mass is 10.1. The van der Waals surface area contributed by atoms with Crippen LogP contribution in [0.3, 0.4) is 0 Å². The van der Waals surface area contributed by atoms with Gasteiger partial charge in [0, 0.05) is 13.1 Å². The highest BCUT2D eigenvalue weighted by atomic mass is 16.4. The maximum Gasteiger partial charge on any atom is 0.326 e. The number of hydrogen-bond acceptors (Lipinski definition) is 4. The molecule has 0 spiro atoms. The fraction of sp³-hybridized carbons (Fsp3) is 0.769. The van der Waals surface area contributed by atoms with Gasteiger partial charge in [-0.1, -0.05) is 0 Å². The lowest BCUT2D eigenvalue weighted by Gasteiger charge is -2.30. The molecule has 2 saturated heterocycles. The molecule has 0 aromatic rings. The number of amides is 2. The van der Waals surface area contributed by atoms with Crippen LogP contribution in [0.2, 0.25) is 0 Å². The molecular weight excluding hydrogens is 262 g/mol. The van der Waals surface area contributed by atoms with Crippen LogP contribution in [0.5, 0.6) is 0 Å². The van der Waals surface area contributed by atoms with Gasteiger partial charge in [-0.25, -0.2) is 4.79 Å². The molecule has 2 fully saturated rings. The molecule has 3 N–H and O–H groups in total. The van der Waals surface area contributed by atoms with Crippen molar-refractivity contribution in [2.24, 2.45) is 5.73 Å². The Balaban J connectivity index is 2.11. The first-order valence-electron chi connectivity index (χ1n) is 7.03. The number of carbonyl (C=O) groups is 3. The van der Waals surface area contributed by atoms with E-state index in [0.29, 0.717) is 32.4 Å². The second-order valence-corrected chi connectivity index (χ2v) is 5.51. The number of nitrogens with two attached hydrogens (primary N) is 1. The predicted molar refractivity (Wildman–Crippen MR) is 70.8 cm³/mol. The Hall–Kier alpha value is -1.63. The van der Waals surface area contributed by atoms with E-state index in [2.05, 4.69) is 0 Å². The van der Waals surface area contributed by atoms with Gasteiger partial charge in [0.25, 0.3) is 0 Å². The molecule has 7 heteroatoms. The molecular formula is C13H21N3O4. The fourth-order valence-electron chi connectivity index (χ4n) is 3.03. The van der Waals surface area contributed by atoms with Crippen molar-refractivity contribution in [3.05, 3.63) is 0 Å². The Kier molecular flexibility index (Phi) is 4.27. The van der Waals surface area contributed by atoms with Gasteiger partial charge in [-0.2, -0.15) is 0 Å². The van der Waals surface area contributed by atoms with Crippen molar-refractivity contribution in [3.8, 4) is 0 Å². The second-order valence-electron chi connectivity index (χ2n) is 5.51. The molecule has 2 rings (SSSR count). The molecule has 0 aromatic carbocycles. The number of likely N-dealkylation sites (tertiary alicyclic amines) is 2. The molecule has 1 unspecified atom stereocenters. The molecule has 20 heavy (non-hydrogen) atoms. The second kappa shape index (κ2) is 5.78. The van der Waals surface area contributed by atoms with Gasteiger partial charge in [-0.3, -0.25) is 9.59 Å². The number of aliphatic carboxylic acids is 1. The molecule has 2 aliphatic rings.